The third-order valence-corrected chi connectivity index (χ3v) is 5.68. The first-order valence-electron chi connectivity index (χ1n) is 9.77. The van der Waals surface area contributed by atoms with Crippen molar-refractivity contribution in [2.24, 2.45) is 5.84 Å². The molecule has 2 heterocycles. The molecular weight excluding hydrogens is 393 g/mol. The summed E-state index contributed by atoms with van der Waals surface area (Å²) in [7, 11) is 0. The van der Waals surface area contributed by atoms with Gasteiger partial charge in [0.15, 0.2) is 0 Å². The van der Waals surface area contributed by atoms with Crippen molar-refractivity contribution in [3.05, 3.63) is 71.7 Å². The highest BCUT2D eigenvalue weighted by atomic mass is 19.4. The lowest BCUT2D eigenvalue weighted by Gasteiger charge is -2.54. The number of benzene rings is 1. The number of nitrogens with zero attached hydrogens (tertiary/aromatic N) is 3. The zero-order valence-corrected chi connectivity index (χ0v) is 17.0. The van der Waals surface area contributed by atoms with Crippen LogP contribution in [0, 0.1) is 6.92 Å². The average Bonchev–Trinajstić information content (AvgIpc) is 2.69. The standard InChI is InChI=1S/C22H25F3N4O/c1-4-11-21(17-8-5-6-9-18(17)22(23,24)25)12-14-28(21)20(30)16(3)29(26)19-10-7-13-27-15(19)2/h5-10,13H,3-4,11-12,14,26H2,1-2H3. The fourth-order valence-electron chi connectivity index (χ4n) is 4.15. The van der Waals surface area contributed by atoms with Gasteiger partial charge in [0, 0.05) is 12.7 Å². The van der Waals surface area contributed by atoms with E-state index < -0.39 is 23.2 Å². The number of carbonyl (C=O) groups is 1. The van der Waals surface area contributed by atoms with Crippen molar-refractivity contribution in [3.63, 3.8) is 0 Å². The molecule has 1 amide bonds. The number of carbonyl (C=O) groups excluding carboxylic acids is 1. The molecule has 2 N–H and O–H groups in total. The molecule has 0 saturated carbocycles. The SMILES string of the molecule is C=C(C(=O)N1CCC1(CCC)c1ccccc1C(F)(F)F)N(N)c1cccnc1C. The number of alkyl halides is 3. The molecule has 2 aromatic rings. The number of amides is 1. The van der Waals surface area contributed by atoms with Crippen LogP contribution in [0.3, 0.4) is 0 Å². The fourth-order valence-corrected chi connectivity index (χ4v) is 4.15. The third kappa shape index (κ3) is 3.67. The second-order valence-corrected chi connectivity index (χ2v) is 7.46. The van der Waals surface area contributed by atoms with E-state index in [-0.39, 0.29) is 11.3 Å². The second-order valence-electron chi connectivity index (χ2n) is 7.46. The number of hydrogen-bond acceptors (Lipinski definition) is 4. The first-order valence-corrected chi connectivity index (χ1v) is 9.77. The number of nitrogens with two attached hydrogens (primary N) is 1. The summed E-state index contributed by atoms with van der Waals surface area (Å²) in [5, 5.41) is 1.15. The fraction of sp³-hybridized carbons (Fsp3) is 0.364. The molecule has 8 heteroatoms. The maximum atomic E-state index is 13.7. The van der Waals surface area contributed by atoms with Gasteiger partial charge in [-0.05, 0) is 43.5 Å². The van der Waals surface area contributed by atoms with E-state index in [0.29, 0.717) is 37.2 Å². The number of likely N-dealkylation sites (tertiary alicyclic amines) is 1. The normalized spacial score (nSPS) is 18.7. The van der Waals surface area contributed by atoms with Crippen molar-refractivity contribution in [2.75, 3.05) is 11.6 Å². The van der Waals surface area contributed by atoms with Gasteiger partial charge in [0.25, 0.3) is 5.91 Å². The number of rotatable bonds is 6. The molecule has 1 aliphatic rings. The Morgan fingerprint density at radius 2 is 2.00 bits per heavy atom. The van der Waals surface area contributed by atoms with Crippen LogP contribution in [-0.2, 0) is 16.5 Å². The monoisotopic (exact) mass is 418 g/mol. The molecule has 1 atom stereocenters. The van der Waals surface area contributed by atoms with Gasteiger partial charge in [-0.2, -0.15) is 13.2 Å². The Labute approximate surface area is 174 Å². The lowest BCUT2D eigenvalue weighted by molar-refractivity contribution is -0.151. The van der Waals surface area contributed by atoms with E-state index in [0.717, 1.165) is 11.1 Å². The average molecular weight is 418 g/mol. The summed E-state index contributed by atoms with van der Waals surface area (Å²) in [5.74, 6) is 5.64. The van der Waals surface area contributed by atoms with Gasteiger partial charge in [0.2, 0.25) is 0 Å². The minimum atomic E-state index is -4.51. The summed E-state index contributed by atoms with van der Waals surface area (Å²) in [6.45, 7) is 7.80. The van der Waals surface area contributed by atoms with Crippen LogP contribution in [0.2, 0.25) is 0 Å². The van der Waals surface area contributed by atoms with E-state index in [1.807, 2.05) is 6.92 Å². The van der Waals surface area contributed by atoms with Gasteiger partial charge in [-0.1, -0.05) is 38.1 Å². The predicted octanol–water partition coefficient (Wildman–Crippen LogP) is 4.53. The van der Waals surface area contributed by atoms with Gasteiger partial charge in [-0.3, -0.25) is 14.8 Å². The molecule has 1 saturated heterocycles. The number of aryl methyl sites for hydroxylation is 1. The van der Waals surface area contributed by atoms with Crippen molar-refractivity contribution in [2.45, 2.75) is 44.8 Å². The van der Waals surface area contributed by atoms with Crippen molar-refractivity contribution >= 4 is 11.6 Å². The van der Waals surface area contributed by atoms with Gasteiger partial charge in [0.05, 0.1) is 22.5 Å². The molecular formula is C22H25F3N4O. The summed E-state index contributed by atoms with van der Waals surface area (Å²) < 4.78 is 41.1. The minimum Gasteiger partial charge on any atom is -0.327 e. The molecule has 160 valence electrons. The van der Waals surface area contributed by atoms with Gasteiger partial charge < -0.3 is 4.90 Å². The summed E-state index contributed by atoms with van der Waals surface area (Å²) in [6.07, 6.45) is -1.42. The van der Waals surface area contributed by atoms with Crippen molar-refractivity contribution < 1.29 is 18.0 Å². The Bertz CT molecular complexity index is 959. The Kier molecular flexibility index (Phi) is 5.90. The quantitative estimate of drug-likeness (QED) is 0.425. The number of hydrazine groups is 1. The van der Waals surface area contributed by atoms with Crippen LogP contribution in [0.4, 0.5) is 18.9 Å². The Morgan fingerprint density at radius 3 is 2.57 bits per heavy atom. The summed E-state index contributed by atoms with van der Waals surface area (Å²) in [4.78, 5) is 18.9. The van der Waals surface area contributed by atoms with E-state index >= 15 is 0 Å². The largest absolute Gasteiger partial charge is 0.416 e. The summed E-state index contributed by atoms with van der Waals surface area (Å²) in [6, 6.07) is 8.86. The third-order valence-electron chi connectivity index (χ3n) is 5.68. The number of halogens is 3. The first kappa shape index (κ1) is 21.8. The Hall–Kier alpha value is -2.87. The minimum absolute atomic E-state index is 0.0178. The number of anilines is 1. The predicted molar refractivity (Wildman–Crippen MR) is 109 cm³/mol. The van der Waals surface area contributed by atoms with E-state index in [4.69, 9.17) is 5.84 Å². The van der Waals surface area contributed by atoms with Crippen LogP contribution in [0.5, 0.6) is 0 Å². The first-order chi connectivity index (χ1) is 14.1. The molecule has 1 aliphatic heterocycles. The zero-order valence-electron chi connectivity index (χ0n) is 17.0. The molecule has 1 unspecified atom stereocenters. The van der Waals surface area contributed by atoms with E-state index in [9.17, 15) is 18.0 Å². The molecule has 3 rings (SSSR count). The Morgan fingerprint density at radius 1 is 1.30 bits per heavy atom. The molecule has 0 bridgehead atoms. The van der Waals surface area contributed by atoms with Crippen LogP contribution in [-0.4, -0.2) is 22.3 Å². The molecule has 1 aromatic heterocycles. The lowest BCUT2D eigenvalue weighted by atomic mass is 9.73. The maximum Gasteiger partial charge on any atom is 0.416 e. The van der Waals surface area contributed by atoms with Crippen molar-refractivity contribution in [1.29, 1.82) is 0 Å². The molecule has 1 aromatic carbocycles. The molecule has 5 nitrogen and oxygen atoms in total. The van der Waals surface area contributed by atoms with E-state index in [1.165, 1.54) is 17.0 Å². The molecule has 30 heavy (non-hydrogen) atoms. The molecule has 0 radical (unpaired) electrons. The zero-order chi connectivity index (χ0) is 22.1. The summed E-state index contributed by atoms with van der Waals surface area (Å²) >= 11 is 0. The maximum absolute atomic E-state index is 13.7. The van der Waals surface area contributed by atoms with Crippen LogP contribution in [0.15, 0.2) is 54.9 Å². The van der Waals surface area contributed by atoms with Crippen LogP contribution in [0.1, 0.15) is 43.0 Å². The highest BCUT2D eigenvalue weighted by Gasteiger charge is 2.52. The second kappa shape index (κ2) is 8.10. The van der Waals surface area contributed by atoms with Crippen LogP contribution in [0.25, 0.3) is 0 Å². The number of pyridine rings is 1. The van der Waals surface area contributed by atoms with Gasteiger partial charge in [-0.25, -0.2) is 5.84 Å². The summed E-state index contributed by atoms with van der Waals surface area (Å²) in [5.41, 5.74) is -0.531. The highest BCUT2D eigenvalue weighted by Crippen LogP contribution is 2.49. The number of hydrogen-bond donors (Lipinski definition) is 1. The van der Waals surface area contributed by atoms with Crippen molar-refractivity contribution in [1.82, 2.24) is 9.88 Å². The van der Waals surface area contributed by atoms with Crippen LogP contribution >= 0.6 is 0 Å². The molecule has 1 fully saturated rings. The molecule has 0 aliphatic carbocycles. The number of aromatic nitrogens is 1. The van der Waals surface area contributed by atoms with Gasteiger partial charge in [0.1, 0.15) is 5.70 Å². The van der Waals surface area contributed by atoms with E-state index in [1.54, 1.807) is 31.3 Å². The van der Waals surface area contributed by atoms with Crippen molar-refractivity contribution in [3.8, 4) is 0 Å². The lowest BCUT2D eigenvalue weighted by Crippen LogP contribution is -2.61. The van der Waals surface area contributed by atoms with Gasteiger partial charge in [-0.15, -0.1) is 0 Å². The van der Waals surface area contributed by atoms with Gasteiger partial charge >= 0.3 is 6.18 Å². The smallest absolute Gasteiger partial charge is 0.327 e. The highest BCUT2D eigenvalue weighted by molar-refractivity contribution is 5.97. The van der Waals surface area contributed by atoms with E-state index in [2.05, 4.69) is 11.6 Å². The molecule has 0 spiro atoms. The Balaban J connectivity index is 1.97. The van der Waals surface area contributed by atoms with Crippen LogP contribution < -0.4 is 10.9 Å². The topological polar surface area (TPSA) is 62.5 Å².